The Hall–Kier alpha value is -3.84. The van der Waals surface area contributed by atoms with Gasteiger partial charge in [0.15, 0.2) is 10.9 Å². The molecule has 0 aliphatic rings. The number of carbonyl (C=O) groups excluding carboxylic acids is 2. The van der Waals surface area contributed by atoms with E-state index in [1.807, 2.05) is 60.0 Å². The molecule has 1 amide bonds. The molecule has 0 fully saturated rings. The predicted octanol–water partition coefficient (Wildman–Crippen LogP) is 5.55. The summed E-state index contributed by atoms with van der Waals surface area (Å²) in [5.74, 6) is -0.225. The number of aromatic nitrogens is 2. The summed E-state index contributed by atoms with van der Waals surface area (Å²) in [6, 6.07) is 20.2. The Balaban J connectivity index is 1.29. The van der Waals surface area contributed by atoms with E-state index in [0.717, 1.165) is 22.1 Å². The number of hydrogen-bond acceptors (Lipinski definition) is 6. The molecule has 6 nitrogen and oxygen atoms in total. The van der Waals surface area contributed by atoms with Crippen molar-refractivity contribution in [1.82, 2.24) is 9.97 Å². The van der Waals surface area contributed by atoms with Gasteiger partial charge in [-0.15, -0.1) is 11.3 Å². The monoisotopic (exact) mass is 428 g/mol. The van der Waals surface area contributed by atoms with Gasteiger partial charge in [-0.2, -0.15) is 0 Å². The van der Waals surface area contributed by atoms with Crippen LogP contribution in [0, 0.1) is 0 Å². The Kier molecular flexibility index (Phi) is 6.44. The average molecular weight is 429 g/mol. The second-order valence-electron chi connectivity index (χ2n) is 6.81. The normalized spacial score (nSPS) is 10.5. The van der Waals surface area contributed by atoms with Gasteiger partial charge in [-0.25, -0.2) is 4.98 Å². The standard InChI is InChI=1S/C24H20N4O2S/c29-22(18-4-2-1-3-5-18)10-11-23(30)26-19-6-8-20(9-7-19)27-24-28-21(16-31-24)17-12-14-25-15-13-17/h1-9,12-16H,10-11H2,(H,26,30)(H,27,28). The molecule has 2 aromatic carbocycles. The van der Waals surface area contributed by atoms with E-state index in [4.69, 9.17) is 0 Å². The van der Waals surface area contributed by atoms with Gasteiger partial charge in [0.05, 0.1) is 5.69 Å². The van der Waals surface area contributed by atoms with E-state index in [2.05, 4.69) is 20.6 Å². The molecule has 2 heterocycles. The molecule has 0 aliphatic carbocycles. The number of hydrogen-bond donors (Lipinski definition) is 2. The van der Waals surface area contributed by atoms with E-state index < -0.39 is 0 Å². The quantitative estimate of drug-likeness (QED) is 0.360. The maximum atomic E-state index is 12.2. The first kappa shape index (κ1) is 20.4. The van der Waals surface area contributed by atoms with Crippen molar-refractivity contribution in [3.8, 4) is 11.3 Å². The molecule has 7 heteroatoms. The van der Waals surface area contributed by atoms with E-state index in [1.165, 1.54) is 11.3 Å². The summed E-state index contributed by atoms with van der Waals surface area (Å²) in [7, 11) is 0. The fourth-order valence-electron chi connectivity index (χ4n) is 2.97. The van der Waals surface area contributed by atoms with Crippen LogP contribution in [0.3, 0.4) is 0 Å². The highest BCUT2D eigenvalue weighted by molar-refractivity contribution is 7.14. The molecule has 4 aromatic rings. The molecule has 0 aliphatic heterocycles. The van der Waals surface area contributed by atoms with Crippen molar-refractivity contribution in [2.75, 3.05) is 10.6 Å². The number of rotatable bonds is 8. The fraction of sp³-hybridized carbons (Fsp3) is 0.0833. The average Bonchev–Trinajstić information content (AvgIpc) is 3.28. The van der Waals surface area contributed by atoms with E-state index in [-0.39, 0.29) is 24.5 Å². The van der Waals surface area contributed by atoms with Crippen LogP contribution in [0.15, 0.2) is 84.5 Å². The summed E-state index contributed by atoms with van der Waals surface area (Å²) in [5, 5.41) is 8.86. The molecular formula is C24H20N4O2S. The third-order valence-electron chi connectivity index (χ3n) is 4.58. The zero-order valence-electron chi connectivity index (χ0n) is 16.6. The third kappa shape index (κ3) is 5.61. The molecule has 0 spiro atoms. The lowest BCUT2D eigenvalue weighted by Gasteiger charge is -2.07. The van der Waals surface area contributed by atoms with Gasteiger partial charge in [0.1, 0.15) is 0 Å². The van der Waals surface area contributed by atoms with Crippen molar-refractivity contribution < 1.29 is 9.59 Å². The van der Waals surface area contributed by atoms with E-state index in [1.54, 1.807) is 24.5 Å². The Morgan fingerprint density at radius 2 is 1.55 bits per heavy atom. The highest BCUT2D eigenvalue weighted by atomic mass is 32.1. The van der Waals surface area contributed by atoms with Crippen LogP contribution in [0.5, 0.6) is 0 Å². The lowest BCUT2D eigenvalue weighted by atomic mass is 10.1. The Labute approximate surface area is 184 Å². The summed E-state index contributed by atoms with van der Waals surface area (Å²) in [5.41, 5.74) is 4.08. The summed E-state index contributed by atoms with van der Waals surface area (Å²) in [6.07, 6.45) is 3.81. The van der Waals surface area contributed by atoms with Gasteiger partial charge >= 0.3 is 0 Å². The van der Waals surface area contributed by atoms with Gasteiger partial charge in [-0.3, -0.25) is 14.6 Å². The lowest BCUT2D eigenvalue weighted by Crippen LogP contribution is -2.13. The summed E-state index contributed by atoms with van der Waals surface area (Å²) < 4.78 is 0. The summed E-state index contributed by atoms with van der Waals surface area (Å²) >= 11 is 1.52. The number of benzene rings is 2. The topological polar surface area (TPSA) is 84.0 Å². The van der Waals surface area contributed by atoms with Crippen LogP contribution in [0.25, 0.3) is 11.3 Å². The summed E-state index contributed by atoms with van der Waals surface area (Å²) in [4.78, 5) is 32.9. The Bertz CT molecular complexity index is 1160. The number of pyridine rings is 1. The smallest absolute Gasteiger partial charge is 0.224 e. The number of Topliss-reactive ketones (excluding diaryl/α,β-unsaturated/α-hetero) is 1. The third-order valence-corrected chi connectivity index (χ3v) is 5.33. The molecule has 4 rings (SSSR count). The van der Waals surface area contributed by atoms with Crippen molar-refractivity contribution in [2.45, 2.75) is 12.8 Å². The van der Waals surface area contributed by atoms with Crippen LogP contribution in [0.1, 0.15) is 23.2 Å². The van der Waals surface area contributed by atoms with Gasteiger partial charge in [0, 0.05) is 53.1 Å². The van der Waals surface area contributed by atoms with Crippen molar-refractivity contribution in [3.05, 3.63) is 90.1 Å². The largest absolute Gasteiger partial charge is 0.332 e. The molecular weight excluding hydrogens is 408 g/mol. The van der Waals surface area contributed by atoms with Crippen LogP contribution < -0.4 is 10.6 Å². The van der Waals surface area contributed by atoms with Crippen molar-refractivity contribution >= 4 is 39.5 Å². The Morgan fingerprint density at radius 1 is 0.839 bits per heavy atom. The van der Waals surface area contributed by atoms with Crippen LogP contribution in [-0.2, 0) is 4.79 Å². The second-order valence-corrected chi connectivity index (χ2v) is 7.67. The maximum absolute atomic E-state index is 12.2. The molecule has 0 atom stereocenters. The van der Waals surface area contributed by atoms with Gasteiger partial charge in [-0.05, 0) is 36.4 Å². The molecule has 0 radical (unpaired) electrons. The first-order chi connectivity index (χ1) is 15.2. The van der Waals surface area contributed by atoms with Crippen LogP contribution >= 0.6 is 11.3 Å². The molecule has 2 aromatic heterocycles. The van der Waals surface area contributed by atoms with Gasteiger partial charge in [0.2, 0.25) is 5.91 Å². The van der Waals surface area contributed by atoms with Gasteiger partial charge < -0.3 is 10.6 Å². The number of thiazole rings is 1. The number of carbonyl (C=O) groups is 2. The highest BCUT2D eigenvalue weighted by Crippen LogP contribution is 2.27. The van der Waals surface area contributed by atoms with Crippen LogP contribution in [0.2, 0.25) is 0 Å². The SMILES string of the molecule is O=C(CCC(=O)c1ccccc1)Nc1ccc(Nc2nc(-c3ccncc3)cs2)cc1. The molecule has 0 bridgehead atoms. The van der Waals surface area contributed by atoms with Gasteiger partial charge in [-0.1, -0.05) is 30.3 Å². The number of nitrogens with zero attached hydrogens (tertiary/aromatic N) is 2. The predicted molar refractivity (Wildman–Crippen MR) is 124 cm³/mol. The first-order valence-electron chi connectivity index (χ1n) is 9.78. The van der Waals surface area contributed by atoms with E-state index in [9.17, 15) is 9.59 Å². The van der Waals surface area contributed by atoms with Crippen molar-refractivity contribution in [3.63, 3.8) is 0 Å². The van der Waals surface area contributed by atoms with E-state index in [0.29, 0.717) is 11.3 Å². The van der Waals surface area contributed by atoms with Crippen molar-refractivity contribution in [2.24, 2.45) is 0 Å². The van der Waals surface area contributed by atoms with Crippen LogP contribution in [-0.4, -0.2) is 21.7 Å². The van der Waals surface area contributed by atoms with E-state index >= 15 is 0 Å². The number of amides is 1. The number of anilines is 3. The maximum Gasteiger partial charge on any atom is 0.224 e. The molecule has 31 heavy (non-hydrogen) atoms. The van der Waals surface area contributed by atoms with Gasteiger partial charge in [0.25, 0.3) is 0 Å². The molecule has 0 saturated heterocycles. The zero-order chi connectivity index (χ0) is 21.5. The first-order valence-corrected chi connectivity index (χ1v) is 10.7. The lowest BCUT2D eigenvalue weighted by molar-refractivity contribution is -0.116. The second kappa shape index (κ2) is 9.77. The van der Waals surface area contributed by atoms with Crippen molar-refractivity contribution in [1.29, 1.82) is 0 Å². The van der Waals surface area contributed by atoms with Crippen LogP contribution in [0.4, 0.5) is 16.5 Å². The molecule has 154 valence electrons. The number of nitrogens with one attached hydrogen (secondary N) is 2. The molecule has 0 saturated carbocycles. The zero-order valence-corrected chi connectivity index (χ0v) is 17.4. The minimum atomic E-state index is -0.188. The fourth-order valence-corrected chi connectivity index (χ4v) is 3.71. The molecule has 2 N–H and O–H groups in total. The Morgan fingerprint density at radius 3 is 2.29 bits per heavy atom. The summed E-state index contributed by atoms with van der Waals surface area (Å²) in [6.45, 7) is 0. The molecule has 0 unspecified atom stereocenters. The minimum absolute atomic E-state index is 0.0371. The minimum Gasteiger partial charge on any atom is -0.332 e. The highest BCUT2D eigenvalue weighted by Gasteiger charge is 2.10. The number of ketones is 1.